The molecule has 0 fully saturated rings. The predicted molar refractivity (Wildman–Crippen MR) is 50.5 cm³/mol. The first-order valence-electron chi connectivity index (χ1n) is 4.33. The summed E-state index contributed by atoms with van der Waals surface area (Å²) < 4.78 is 4.93. The monoisotopic (exact) mass is 200 g/mol. The Labute approximate surface area is 83.7 Å². The molecule has 0 bridgehead atoms. The average molecular weight is 200 g/mol. The molecule has 0 aromatic carbocycles. The fourth-order valence-electron chi connectivity index (χ4n) is 0.684. The highest BCUT2D eigenvalue weighted by atomic mass is 16.6. The highest BCUT2D eigenvalue weighted by Gasteiger charge is 2.20. The van der Waals surface area contributed by atoms with Crippen LogP contribution in [0.2, 0.25) is 0 Å². The molecular weight excluding hydrogens is 184 g/mol. The first-order chi connectivity index (χ1) is 6.26. The third-order valence-corrected chi connectivity index (χ3v) is 1.35. The Bertz CT molecular complexity index is 239. The molecule has 80 valence electrons. The minimum Gasteiger partial charge on any atom is -0.444 e. The summed E-state index contributed by atoms with van der Waals surface area (Å²) in [5.41, 5.74) is -0.582. The Balaban J connectivity index is 4.03. The molecule has 0 saturated carbocycles. The summed E-state index contributed by atoms with van der Waals surface area (Å²) >= 11 is 0. The molecule has 0 saturated heterocycles. The number of nitriles is 1. The molecule has 5 heteroatoms. The van der Waals surface area contributed by atoms with Gasteiger partial charge in [-0.1, -0.05) is 0 Å². The van der Waals surface area contributed by atoms with Crippen molar-refractivity contribution < 1.29 is 14.6 Å². The van der Waals surface area contributed by atoms with E-state index in [9.17, 15) is 4.79 Å². The number of carbonyl (C=O) groups is 1. The summed E-state index contributed by atoms with van der Waals surface area (Å²) in [5.74, 6) is 0. The van der Waals surface area contributed by atoms with Crippen molar-refractivity contribution in [1.29, 1.82) is 5.26 Å². The van der Waals surface area contributed by atoms with E-state index in [4.69, 9.17) is 15.1 Å². The van der Waals surface area contributed by atoms with Gasteiger partial charge in [0.05, 0.1) is 12.1 Å². The molecule has 2 unspecified atom stereocenters. The predicted octanol–water partition coefficient (Wildman–Crippen LogP) is 0.784. The molecule has 0 aliphatic heterocycles. The van der Waals surface area contributed by atoms with Gasteiger partial charge in [-0.25, -0.2) is 4.79 Å². The van der Waals surface area contributed by atoms with E-state index in [0.717, 1.165) is 0 Å². The molecule has 0 aromatic rings. The van der Waals surface area contributed by atoms with E-state index in [1.165, 1.54) is 6.92 Å². The average Bonchev–Trinajstić information content (AvgIpc) is 1.99. The number of amides is 1. The van der Waals surface area contributed by atoms with Gasteiger partial charge in [-0.05, 0) is 27.7 Å². The van der Waals surface area contributed by atoms with E-state index < -0.39 is 23.8 Å². The zero-order valence-corrected chi connectivity index (χ0v) is 8.87. The van der Waals surface area contributed by atoms with Crippen LogP contribution in [-0.2, 0) is 4.74 Å². The Morgan fingerprint density at radius 2 is 2.07 bits per heavy atom. The second-order valence-corrected chi connectivity index (χ2v) is 4.01. The molecule has 0 spiro atoms. The lowest BCUT2D eigenvalue weighted by Gasteiger charge is -2.22. The summed E-state index contributed by atoms with van der Waals surface area (Å²) in [6.07, 6.45) is -1.86. The van der Waals surface area contributed by atoms with Gasteiger partial charge in [0.1, 0.15) is 5.60 Å². The maximum Gasteiger partial charge on any atom is 0.407 e. The molecular formula is C9H16N2O3. The van der Waals surface area contributed by atoms with E-state index in [1.54, 1.807) is 26.8 Å². The maximum absolute atomic E-state index is 11.1. The van der Waals surface area contributed by atoms with Crippen LogP contribution in [0.4, 0.5) is 4.79 Å². The van der Waals surface area contributed by atoms with Crippen LogP contribution in [0.1, 0.15) is 27.7 Å². The van der Waals surface area contributed by atoms with Gasteiger partial charge >= 0.3 is 6.09 Å². The van der Waals surface area contributed by atoms with Crippen molar-refractivity contribution >= 4 is 6.09 Å². The third-order valence-electron chi connectivity index (χ3n) is 1.35. The summed E-state index contributed by atoms with van der Waals surface area (Å²) in [4.78, 5) is 11.1. The van der Waals surface area contributed by atoms with Crippen molar-refractivity contribution in [2.24, 2.45) is 0 Å². The molecule has 5 nitrogen and oxygen atoms in total. The molecule has 1 amide bonds. The van der Waals surface area contributed by atoms with Crippen LogP contribution in [0.5, 0.6) is 0 Å². The van der Waals surface area contributed by atoms with Crippen LogP contribution in [0.25, 0.3) is 0 Å². The van der Waals surface area contributed by atoms with E-state index >= 15 is 0 Å². The molecule has 14 heavy (non-hydrogen) atoms. The number of nitrogens with one attached hydrogen (secondary N) is 1. The van der Waals surface area contributed by atoms with Gasteiger partial charge in [-0.3, -0.25) is 0 Å². The number of hydrogen-bond acceptors (Lipinski definition) is 4. The molecule has 0 heterocycles. The van der Waals surface area contributed by atoms with E-state index in [1.807, 2.05) is 0 Å². The molecule has 0 rings (SSSR count). The van der Waals surface area contributed by atoms with Crippen LogP contribution in [0.15, 0.2) is 0 Å². The number of alkyl carbamates (subject to hydrolysis) is 1. The third kappa shape index (κ3) is 5.38. The quantitative estimate of drug-likeness (QED) is 0.645. The molecule has 0 aliphatic rings. The van der Waals surface area contributed by atoms with Crippen molar-refractivity contribution in [3.63, 3.8) is 0 Å². The summed E-state index contributed by atoms with van der Waals surface area (Å²) in [7, 11) is 0. The zero-order valence-electron chi connectivity index (χ0n) is 8.87. The van der Waals surface area contributed by atoms with Gasteiger partial charge in [-0.2, -0.15) is 5.26 Å². The van der Waals surface area contributed by atoms with Gasteiger partial charge in [0.15, 0.2) is 6.10 Å². The zero-order chi connectivity index (χ0) is 11.4. The van der Waals surface area contributed by atoms with Crippen LogP contribution < -0.4 is 5.32 Å². The number of hydrogen-bond donors (Lipinski definition) is 2. The lowest BCUT2D eigenvalue weighted by atomic mass is 10.2. The number of nitrogens with zero attached hydrogens (tertiary/aromatic N) is 1. The topological polar surface area (TPSA) is 82.3 Å². The molecule has 2 N–H and O–H groups in total. The lowest BCUT2D eigenvalue weighted by molar-refractivity contribution is 0.0468. The Morgan fingerprint density at radius 1 is 1.57 bits per heavy atom. The fourth-order valence-corrected chi connectivity index (χ4v) is 0.684. The summed E-state index contributed by atoms with van der Waals surface area (Å²) in [5, 5.41) is 19.8. The fraction of sp³-hybridized carbons (Fsp3) is 0.778. The SMILES string of the molecule is CC(NC(=O)OC(C)(C)C)C(O)C#N. The molecule has 0 aliphatic carbocycles. The number of aliphatic hydroxyl groups is 1. The van der Waals surface area contributed by atoms with Gasteiger partial charge in [0.25, 0.3) is 0 Å². The highest BCUT2D eigenvalue weighted by Crippen LogP contribution is 2.06. The first kappa shape index (κ1) is 12.7. The number of aliphatic hydroxyl groups excluding tert-OH is 1. The Morgan fingerprint density at radius 3 is 2.43 bits per heavy atom. The first-order valence-corrected chi connectivity index (χ1v) is 4.33. The van der Waals surface area contributed by atoms with Crippen molar-refractivity contribution in [1.82, 2.24) is 5.32 Å². The molecule has 0 aromatic heterocycles. The van der Waals surface area contributed by atoms with Crippen molar-refractivity contribution in [3.8, 4) is 6.07 Å². The molecule has 2 atom stereocenters. The van der Waals surface area contributed by atoms with Crippen LogP contribution in [0, 0.1) is 11.3 Å². The van der Waals surface area contributed by atoms with Crippen LogP contribution >= 0.6 is 0 Å². The summed E-state index contributed by atoms with van der Waals surface area (Å²) in [6, 6.07) is 0.975. The van der Waals surface area contributed by atoms with Gasteiger partial charge in [0, 0.05) is 0 Å². The Kier molecular flexibility index (Phi) is 4.38. The minimum atomic E-state index is -1.22. The van der Waals surface area contributed by atoms with Crippen molar-refractivity contribution in [3.05, 3.63) is 0 Å². The van der Waals surface area contributed by atoms with Crippen LogP contribution in [0.3, 0.4) is 0 Å². The normalized spacial score (nSPS) is 15.1. The van der Waals surface area contributed by atoms with E-state index in [2.05, 4.69) is 5.32 Å². The smallest absolute Gasteiger partial charge is 0.407 e. The second-order valence-electron chi connectivity index (χ2n) is 4.01. The second kappa shape index (κ2) is 4.82. The van der Waals surface area contributed by atoms with Gasteiger partial charge < -0.3 is 15.2 Å². The van der Waals surface area contributed by atoms with Gasteiger partial charge in [0.2, 0.25) is 0 Å². The summed E-state index contributed by atoms with van der Waals surface area (Å²) in [6.45, 7) is 6.73. The minimum absolute atomic E-state index is 0.582. The standard InChI is InChI=1S/C9H16N2O3/c1-6(7(12)5-10)11-8(13)14-9(2,3)4/h6-7,12H,1-4H3,(H,11,13). The van der Waals surface area contributed by atoms with Crippen LogP contribution in [-0.4, -0.2) is 28.9 Å². The van der Waals surface area contributed by atoms with Crippen molar-refractivity contribution in [2.45, 2.75) is 45.4 Å². The number of ether oxygens (including phenoxy) is 1. The number of rotatable bonds is 2. The highest BCUT2D eigenvalue weighted by molar-refractivity contribution is 5.68. The van der Waals surface area contributed by atoms with Gasteiger partial charge in [-0.15, -0.1) is 0 Å². The van der Waals surface area contributed by atoms with E-state index in [-0.39, 0.29) is 0 Å². The van der Waals surface area contributed by atoms with E-state index in [0.29, 0.717) is 0 Å². The number of carbonyl (C=O) groups excluding carboxylic acids is 1. The van der Waals surface area contributed by atoms with Crippen molar-refractivity contribution in [2.75, 3.05) is 0 Å². The largest absolute Gasteiger partial charge is 0.444 e. The molecule has 0 radical (unpaired) electrons. The Hall–Kier alpha value is -1.28. The maximum atomic E-state index is 11.1. The lowest BCUT2D eigenvalue weighted by Crippen LogP contribution is -2.43.